The van der Waals surface area contributed by atoms with Crippen LogP contribution in [0, 0.1) is 6.92 Å². The molecule has 0 bridgehead atoms. The minimum atomic E-state index is -0.0824. The number of rotatable bonds is 3. The van der Waals surface area contributed by atoms with Crippen molar-refractivity contribution in [2.75, 3.05) is 38.6 Å². The van der Waals surface area contributed by atoms with Gasteiger partial charge in [0.15, 0.2) is 5.75 Å². The van der Waals surface area contributed by atoms with E-state index in [1.807, 2.05) is 60.4 Å². The van der Waals surface area contributed by atoms with E-state index in [1.165, 1.54) is 5.56 Å². The number of urea groups is 1. The van der Waals surface area contributed by atoms with Gasteiger partial charge in [-0.2, -0.15) is 0 Å². The number of anilines is 1. The van der Waals surface area contributed by atoms with Gasteiger partial charge in [0.25, 0.3) is 0 Å². The van der Waals surface area contributed by atoms with Crippen molar-refractivity contribution < 1.29 is 14.3 Å². The number of carbonyl (C=O) groups excluding carboxylic acids is 1. The highest BCUT2D eigenvalue weighted by molar-refractivity contribution is 6.04. The van der Waals surface area contributed by atoms with Crippen LogP contribution in [0.5, 0.6) is 17.2 Å². The summed E-state index contributed by atoms with van der Waals surface area (Å²) in [6.45, 7) is 8.87. The Hall–Kier alpha value is -4.00. The van der Waals surface area contributed by atoms with Gasteiger partial charge in [0.05, 0.1) is 12.7 Å². The number of carbonyl (C=O) groups is 1. The molecule has 2 amide bonds. The molecule has 0 radical (unpaired) electrons. The van der Waals surface area contributed by atoms with Crippen LogP contribution >= 0.6 is 0 Å². The molecule has 3 aromatic carbocycles. The summed E-state index contributed by atoms with van der Waals surface area (Å²) in [5.74, 6) is 3.51. The smallest absolute Gasteiger partial charge is 0.321 e. The van der Waals surface area contributed by atoms with E-state index < -0.39 is 0 Å². The summed E-state index contributed by atoms with van der Waals surface area (Å²) in [5.41, 5.74) is 4.84. The van der Waals surface area contributed by atoms with E-state index in [2.05, 4.69) is 36.2 Å². The molecule has 36 heavy (non-hydrogen) atoms. The number of nitrogens with zero attached hydrogens (tertiary/aromatic N) is 3. The van der Waals surface area contributed by atoms with Crippen molar-refractivity contribution in [2.45, 2.75) is 26.7 Å². The van der Waals surface area contributed by atoms with Gasteiger partial charge in [-0.15, -0.1) is 0 Å². The molecule has 2 aliphatic rings. The third kappa shape index (κ3) is 4.87. The van der Waals surface area contributed by atoms with Crippen molar-refractivity contribution in [2.24, 2.45) is 4.99 Å². The number of hydrogen-bond donors (Lipinski definition) is 1. The molecule has 1 N–H and O–H groups in total. The molecule has 0 saturated carbocycles. The van der Waals surface area contributed by atoms with Crippen molar-refractivity contribution in [1.29, 1.82) is 0 Å². The number of amides is 2. The van der Waals surface area contributed by atoms with E-state index >= 15 is 0 Å². The molecule has 7 nitrogen and oxygen atoms in total. The SMILES string of the molecule is COc1ccc2c(c1)C(N1CCN(C(=O)Nc3ccc(C(C)C)cc3)CC1)=Nc1ccc(C)cc1O2. The number of hydrogen-bond acceptors (Lipinski definition) is 5. The Morgan fingerprint density at radius 2 is 1.72 bits per heavy atom. The number of ether oxygens (including phenoxy) is 2. The highest BCUT2D eigenvalue weighted by atomic mass is 16.5. The second-order valence-electron chi connectivity index (χ2n) is 9.55. The second kappa shape index (κ2) is 9.93. The molecule has 0 unspecified atom stereocenters. The van der Waals surface area contributed by atoms with E-state index in [0.717, 1.165) is 45.6 Å². The molecule has 3 aromatic rings. The summed E-state index contributed by atoms with van der Waals surface area (Å²) in [6, 6.07) is 19.8. The number of benzene rings is 3. The van der Waals surface area contributed by atoms with Crippen molar-refractivity contribution in [3.8, 4) is 17.2 Å². The number of piperazine rings is 1. The Balaban J connectivity index is 1.34. The third-order valence-corrected chi connectivity index (χ3v) is 6.68. The fraction of sp³-hybridized carbons (Fsp3) is 0.310. The van der Waals surface area contributed by atoms with Gasteiger partial charge in [-0.3, -0.25) is 0 Å². The zero-order valence-corrected chi connectivity index (χ0v) is 21.2. The first-order chi connectivity index (χ1) is 17.4. The van der Waals surface area contributed by atoms with Crippen molar-refractivity contribution in [3.63, 3.8) is 0 Å². The number of aliphatic imine (C=N–C) groups is 1. The van der Waals surface area contributed by atoms with Gasteiger partial charge >= 0.3 is 6.03 Å². The van der Waals surface area contributed by atoms with E-state index in [1.54, 1.807) is 7.11 Å². The average molecular weight is 485 g/mol. The van der Waals surface area contributed by atoms with Gasteiger partial charge < -0.3 is 24.6 Å². The Morgan fingerprint density at radius 3 is 2.42 bits per heavy atom. The number of aryl methyl sites for hydroxylation is 1. The number of methoxy groups -OCH3 is 1. The van der Waals surface area contributed by atoms with Gasteiger partial charge in [0, 0.05) is 31.9 Å². The maximum atomic E-state index is 12.9. The molecule has 7 heteroatoms. The predicted octanol–water partition coefficient (Wildman–Crippen LogP) is 6.16. The number of fused-ring (bicyclic) bond motifs is 2. The lowest BCUT2D eigenvalue weighted by molar-refractivity contribution is 0.181. The van der Waals surface area contributed by atoms with Crippen molar-refractivity contribution in [3.05, 3.63) is 77.4 Å². The molecule has 0 aliphatic carbocycles. The Bertz CT molecular complexity index is 1290. The first kappa shape index (κ1) is 23.7. The van der Waals surface area contributed by atoms with Crippen LogP contribution in [-0.2, 0) is 0 Å². The van der Waals surface area contributed by atoms with Crippen LogP contribution in [-0.4, -0.2) is 55.0 Å². The summed E-state index contributed by atoms with van der Waals surface area (Å²) in [6.07, 6.45) is 0. The highest BCUT2D eigenvalue weighted by Gasteiger charge is 2.28. The summed E-state index contributed by atoms with van der Waals surface area (Å²) in [5, 5.41) is 3.03. The normalized spacial score (nSPS) is 14.9. The lowest BCUT2D eigenvalue weighted by Gasteiger charge is -2.36. The van der Waals surface area contributed by atoms with Crippen LogP contribution in [0.25, 0.3) is 0 Å². The second-order valence-corrected chi connectivity index (χ2v) is 9.55. The molecule has 1 fully saturated rings. The van der Waals surface area contributed by atoms with E-state index in [4.69, 9.17) is 14.5 Å². The largest absolute Gasteiger partial charge is 0.497 e. The van der Waals surface area contributed by atoms with Crippen LogP contribution in [0.15, 0.2) is 65.7 Å². The summed E-state index contributed by atoms with van der Waals surface area (Å²) < 4.78 is 11.8. The molecular weight excluding hydrogens is 452 g/mol. The Morgan fingerprint density at radius 1 is 0.972 bits per heavy atom. The highest BCUT2D eigenvalue weighted by Crippen LogP contribution is 2.40. The molecule has 5 rings (SSSR count). The maximum absolute atomic E-state index is 12.9. The van der Waals surface area contributed by atoms with Crippen LogP contribution in [0.2, 0.25) is 0 Å². The summed E-state index contributed by atoms with van der Waals surface area (Å²) >= 11 is 0. The molecule has 0 aromatic heterocycles. The standard InChI is InChI=1S/C29H32N4O3/c1-19(2)21-6-8-22(9-7-21)30-29(34)33-15-13-32(14-16-33)28-24-18-23(35-4)10-12-26(24)36-27-17-20(3)5-11-25(27)31-28/h5-12,17-19H,13-16H2,1-4H3,(H,30,34). The molecule has 0 spiro atoms. The number of amidine groups is 1. The third-order valence-electron chi connectivity index (χ3n) is 6.68. The zero-order chi connectivity index (χ0) is 25.2. The van der Waals surface area contributed by atoms with Crippen LogP contribution in [0.1, 0.15) is 36.5 Å². The van der Waals surface area contributed by atoms with Crippen LogP contribution < -0.4 is 14.8 Å². The topological polar surface area (TPSA) is 66.4 Å². The van der Waals surface area contributed by atoms with E-state index in [9.17, 15) is 4.79 Å². The van der Waals surface area contributed by atoms with E-state index in [-0.39, 0.29) is 6.03 Å². The van der Waals surface area contributed by atoms with Crippen LogP contribution in [0.4, 0.5) is 16.2 Å². The lowest BCUT2D eigenvalue weighted by Crippen LogP contribution is -2.51. The quantitative estimate of drug-likeness (QED) is 0.483. The number of nitrogens with one attached hydrogen (secondary N) is 1. The fourth-order valence-electron chi connectivity index (χ4n) is 4.50. The van der Waals surface area contributed by atoms with Gasteiger partial charge in [0.2, 0.25) is 0 Å². The molecule has 186 valence electrons. The average Bonchev–Trinajstić information content (AvgIpc) is 3.05. The molecular formula is C29H32N4O3. The van der Waals surface area contributed by atoms with Gasteiger partial charge in [-0.1, -0.05) is 32.0 Å². The Kier molecular flexibility index (Phi) is 6.55. The van der Waals surface area contributed by atoms with Crippen molar-refractivity contribution in [1.82, 2.24) is 9.80 Å². The molecule has 1 saturated heterocycles. The summed E-state index contributed by atoms with van der Waals surface area (Å²) in [4.78, 5) is 22.0. The first-order valence-electron chi connectivity index (χ1n) is 12.4. The monoisotopic (exact) mass is 484 g/mol. The van der Waals surface area contributed by atoms with Gasteiger partial charge in [0.1, 0.15) is 23.0 Å². The predicted molar refractivity (Wildman–Crippen MR) is 143 cm³/mol. The minimum Gasteiger partial charge on any atom is -0.497 e. The van der Waals surface area contributed by atoms with Gasteiger partial charge in [-0.05, 0) is 66.4 Å². The lowest BCUT2D eigenvalue weighted by atomic mass is 10.0. The maximum Gasteiger partial charge on any atom is 0.321 e. The first-order valence-corrected chi connectivity index (χ1v) is 12.4. The summed E-state index contributed by atoms with van der Waals surface area (Å²) in [7, 11) is 1.65. The fourth-order valence-corrected chi connectivity index (χ4v) is 4.50. The molecule has 2 aliphatic heterocycles. The Labute approximate surface area is 212 Å². The molecule has 2 heterocycles. The van der Waals surface area contributed by atoms with Crippen molar-refractivity contribution >= 4 is 23.2 Å². The van der Waals surface area contributed by atoms with Crippen LogP contribution in [0.3, 0.4) is 0 Å². The minimum absolute atomic E-state index is 0.0824. The van der Waals surface area contributed by atoms with Gasteiger partial charge in [-0.25, -0.2) is 9.79 Å². The zero-order valence-electron chi connectivity index (χ0n) is 21.2. The molecule has 0 atom stereocenters. The van der Waals surface area contributed by atoms with E-state index in [0.29, 0.717) is 32.1 Å².